The third-order valence-corrected chi connectivity index (χ3v) is 2.31. The molecule has 0 spiro atoms. The molecule has 2 heterocycles. The molecule has 0 aliphatic rings. The highest BCUT2D eigenvalue weighted by atomic mass is 16.5. The average molecular weight is 245 g/mol. The number of rotatable bonds is 5. The number of nitrogens with one attached hydrogen (secondary N) is 1. The summed E-state index contributed by atoms with van der Waals surface area (Å²) < 4.78 is 5.26. The minimum Gasteiger partial charge on any atom is -0.506 e. The number of ether oxygens (including phenoxy) is 1. The lowest BCUT2D eigenvalue weighted by molar-refractivity contribution is 0.327. The van der Waals surface area contributed by atoms with Crippen molar-refractivity contribution in [1.29, 1.82) is 0 Å². The summed E-state index contributed by atoms with van der Waals surface area (Å²) in [6.45, 7) is 3.11. The Morgan fingerprint density at radius 2 is 2.06 bits per heavy atom. The fourth-order valence-corrected chi connectivity index (χ4v) is 1.43. The molecule has 0 radical (unpaired) electrons. The smallest absolute Gasteiger partial charge is 0.213 e. The maximum atomic E-state index is 9.12. The first-order valence-electron chi connectivity index (χ1n) is 5.74. The molecule has 0 aliphatic carbocycles. The van der Waals surface area contributed by atoms with Gasteiger partial charge in [-0.25, -0.2) is 4.98 Å². The number of hydrogen-bond donors (Lipinski definition) is 2. The standard InChI is InChI=1S/C13H15N3O2/c1-2-18-13-6-4-11(8-16-13)14-7-10-3-5-12(17)9-15-10/h3-6,8-9,14,17H,2,7H2,1H3. The first-order chi connectivity index (χ1) is 8.78. The third kappa shape index (κ3) is 3.35. The second-order valence-electron chi connectivity index (χ2n) is 3.68. The van der Waals surface area contributed by atoms with E-state index in [9.17, 15) is 0 Å². The molecule has 94 valence electrons. The fraction of sp³-hybridized carbons (Fsp3) is 0.231. The summed E-state index contributed by atoms with van der Waals surface area (Å²) >= 11 is 0. The molecule has 18 heavy (non-hydrogen) atoms. The van der Waals surface area contributed by atoms with Gasteiger partial charge in [0.2, 0.25) is 5.88 Å². The molecule has 0 bridgehead atoms. The van der Waals surface area contributed by atoms with E-state index < -0.39 is 0 Å². The molecule has 0 aromatic carbocycles. The summed E-state index contributed by atoms with van der Waals surface area (Å²) in [4.78, 5) is 8.23. The van der Waals surface area contributed by atoms with Crippen LogP contribution in [0.2, 0.25) is 0 Å². The van der Waals surface area contributed by atoms with Crippen LogP contribution in [-0.4, -0.2) is 21.7 Å². The predicted octanol–water partition coefficient (Wildman–Crippen LogP) is 2.19. The van der Waals surface area contributed by atoms with Gasteiger partial charge in [0.25, 0.3) is 0 Å². The van der Waals surface area contributed by atoms with E-state index in [0.29, 0.717) is 19.0 Å². The Labute approximate surface area is 105 Å². The lowest BCUT2D eigenvalue weighted by atomic mass is 10.3. The molecule has 0 unspecified atom stereocenters. The van der Waals surface area contributed by atoms with Crippen LogP contribution in [0.1, 0.15) is 12.6 Å². The summed E-state index contributed by atoms with van der Waals surface area (Å²) in [5.74, 6) is 0.785. The van der Waals surface area contributed by atoms with Crippen LogP contribution in [-0.2, 0) is 6.54 Å². The van der Waals surface area contributed by atoms with Crippen LogP contribution >= 0.6 is 0 Å². The van der Waals surface area contributed by atoms with E-state index in [0.717, 1.165) is 11.4 Å². The van der Waals surface area contributed by atoms with Crippen LogP contribution in [0, 0.1) is 0 Å². The van der Waals surface area contributed by atoms with Crippen molar-refractivity contribution < 1.29 is 9.84 Å². The molecule has 2 rings (SSSR count). The number of pyridine rings is 2. The van der Waals surface area contributed by atoms with Crippen molar-refractivity contribution in [3.05, 3.63) is 42.4 Å². The predicted molar refractivity (Wildman–Crippen MR) is 68.6 cm³/mol. The van der Waals surface area contributed by atoms with Crippen molar-refractivity contribution in [2.24, 2.45) is 0 Å². The molecular formula is C13H15N3O2. The highest BCUT2D eigenvalue weighted by Gasteiger charge is 1.98. The quantitative estimate of drug-likeness (QED) is 0.845. The van der Waals surface area contributed by atoms with Crippen molar-refractivity contribution in [2.45, 2.75) is 13.5 Å². The van der Waals surface area contributed by atoms with E-state index >= 15 is 0 Å². The minimum absolute atomic E-state index is 0.168. The van der Waals surface area contributed by atoms with Gasteiger partial charge in [-0.3, -0.25) is 4.98 Å². The van der Waals surface area contributed by atoms with Crippen molar-refractivity contribution in [1.82, 2.24) is 9.97 Å². The van der Waals surface area contributed by atoms with Gasteiger partial charge in [0.1, 0.15) is 5.75 Å². The first-order valence-corrected chi connectivity index (χ1v) is 5.74. The Morgan fingerprint density at radius 3 is 2.67 bits per heavy atom. The summed E-state index contributed by atoms with van der Waals surface area (Å²) in [5.41, 5.74) is 1.75. The van der Waals surface area contributed by atoms with Gasteiger partial charge in [-0.05, 0) is 25.1 Å². The second-order valence-corrected chi connectivity index (χ2v) is 3.68. The van der Waals surface area contributed by atoms with Crippen LogP contribution in [0.3, 0.4) is 0 Å². The molecule has 5 heteroatoms. The van der Waals surface area contributed by atoms with E-state index in [1.54, 1.807) is 18.3 Å². The van der Waals surface area contributed by atoms with Gasteiger partial charge >= 0.3 is 0 Å². The van der Waals surface area contributed by atoms with E-state index in [2.05, 4.69) is 15.3 Å². The van der Waals surface area contributed by atoms with E-state index in [4.69, 9.17) is 9.84 Å². The molecule has 0 atom stereocenters. The number of aromatic nitrogens is 2. The summed E-state index contributed by atoms with van der Waals surface area (Å²) in [6, 6.07) is 7.10. The Bertz CT molecular complexity index is 483. The molecule has 0 fully saturated rings. The van der Waals surface area contributed by atoms with E-state index in [1.165, 1.54) is 6.20 Å². The van der Waals surface area contributed by atoms with Gasteiger partial charge in [0, 0.05) is 6.07 Å². The molecule has 2 N–H and O–H groups in total. The number of anilines is 1. The summed E-state index contributed by atoms with van der Waals surface area (Å²) in [5, 5.41) is 12.3. The molecular weight excluding hydrogens is 230 g/mol. The molecule has 2 aromatic heterocycles. The second kappa shape index (κ2) is 5.86. The average Bonchev–Trinajstić information content (AvgIpc) is 2.40. The first kappa shape index (κ1) is 12.2. The minimum atomic E-state index is 0.168. The van der Waals surface area contributed by atoms with Crippen molar-refractivity contribution in [3.8, 4) is 11.6 Å². The van der Waals surface area contributed by atoms with Crippen LogP contribution in [0.4, 0.5) is 5.69 Å². The molecule has 0 amide bonds. The molecule has 0 saturated heterocycles. The van der Waals surface area contributed by atoms with E-state index in [-0.39, 0.29) is 5.75 Å². The topological polar surface area (TPSA) is 67.3 Å². The highest BCUT2D eigenvalue weighted by Crippen LogP contribution is 2.13. The largest absolute Gasteiger partial charge is 0.506 e. The van der Waals surface area contributed by atoms with Gasteiger partial charge in [-0.2, -0.15) is 0 Å². The SMILES string of the molecule is CCOc1ccc(NCc2ccc(O)cn2)cn1. The number of aromatic hydroxyl groups is 1. The number of hydrogen-bond acceptors (Lipinski definition) is 5. The molecule has 0 aliphatic heterocycles. The zero-order valence-corrected chi connectivity index (χ0v) is 10.1. The molecule has 2 aromatic rings. The van der Waals surface area contributed by atoms with Gasteiger partial charge < -0.3 is 15.2 Å². The van der Waals surface area contributed by atoms with Gasteiger partial charge in [-0.1, -0.05) is 0 Å². The van der Waals surface area contributed by atoms with Crippen LogP contribution in [0.15, 0.2) is 36.7 Å². The van der Waals surface area contributed by atoms with Gasteiger partial charge in [0.05, 0.1) is 36.9 Å². The third-order valence-electron chi connectivity index (χ3n) is 2.31. The van der Waals surface area contributed by atoms with Crippen LogP contribution < -0.4 is 10.1 Å². The fourth-order valence-electron chi connectivity index (χ4n) is 1.43. The summed E-state index contributed by atoms with van der Waals surface area (Å²) in [7, 11) is 0. The van der Waals surface area contributed by atoms with Crippen molar-refractivity contribution in [3.63, 3.8) is 0 Å². The van der Waals surface area contributed by atoms with Crippen LogP contribution in [0.5, 0.6) is 11.6 Å². The van der Waals surface area contributed by atoms with Crippen molar-refractivity contribution >= 4 is 5.69 Å². The van der Waals surface area contributed by atoms with Gasteiger partial charge in [0.15, 0.2) is 0 Å². The highest BCUT2D eigenvalue weighted by molar-refractivity contribution is 5.42. The zero-order chi connectivity index (χ0) is 12.8. The maximum absolute atomic E-state index is 9.12. The Kier molecular flexibility index (Phi) is 3.96. The Morgan fingerprint density at radius 1 is 1.17 bits per heavy atom. The monoisotopic (exact) mass is 245 g/mol. The number of nitrogens with zero attached hydrogens (tertiary/aromatic N) is 2. The lowest BCUT2D eigenvalue weighted by Crippen LogP contribution is -2.02. The molecule has 5 nitrogen and oxygen atoms in total. The van der Waals surface area contributed by atoms with Crippen LogP contribution in [0.25, 0.3) is 0 Å². The Hall–Kier alpha value is -2.30. The lowest BCUT2D eigenvalue weighted by Gasteiger charge is -2.06. The maximum Gasteiger partial charge on any atom is 0.213 e. The normalized spacial score (nSPS) is 10.1. The Balaban J connectivity index is 1.91. The van der Waals surface area contributed by atoms with Gasteiger partial charge in [-0.15, -0.1) is 0 Å². The zero-order valence-electron chi connectivity index (χ0n) is 10.1. The van der Waals surface area contributed by atoms with Crippen molar-refractivity contribution in [2.75, 3.05) is 11.9 Å². The summed E-state index contributed by atoms with van der Waals surface area (Å²) in [6.07, 6.45) is 3.14. The van der Waals surface area contributed by atoms with E-state index in [1.807, 2.05) is 19.1 Å². The molecule has 0 saturated carbocycles.